The van der Waals surface area contributed by atoms with Gasteiger partial charge in [-0.25, -0.2) is 8.82 Å². The molecule has 0 radical (unpaired) electrons. The fourth-order valence-electron chi connectivity index (χ4n) is 3.85. The molecular formula is C23H29N3O2S. The van der Waals surface area contributed by atoms with Gasteiger partial charge in [0, 0.05) is 42.4 Å². The second-order valence-electron chi connectivity index (χ2n) is 7.69. The smallest absolute Gasteiger partial charge is 0.127 e. The van der Waals surface area contributed by atoms with Crippen molar-refractivity contribution in [3.8, 4) is 16.9 Å². The first-order chi connectivity index (χ1) is 14.2. The zero-order chi connectivity index (χ0) is 20.2. The van der Waals surface area contributed by atoms with Crippen LogP contribution in [0.1, 0.15) is 25.3 Å². The third-order valence-electron chi connectivity index (χ3n) is 5.64. The number of aromatic nitrogens is 2. The number of fused-ring (bicyclic) bond motifs is 1. The Morgan fingerprint density at radius 1 is 1.17 bits per heavy atom. The Morgan fingerprint density at radius 3 is 2.76 bits per heavy atom. The molecule has 5 nitrogen and oxygen atoms in total. The molecule has 0 unspecified atom stereocenters. The van der Waals surface area contributed by atoms with Crippen LogP contribution in [0.25, 0.3) is 16.6 Å². The highest BCUT2D eigenvalue weighted by Crippen LogP contribution is 2.41. The van der Waals surface area contributed by atoms with E-state index in [1.54, 1.807) is 14.2 Å². The van der Waals surface area contributed by atoms with Crippen molar-refractivity contribution in [1.29, 1.82) is 0 Å². The summed E-state index contributed by atoms with van der Waals surface area (Å²) >= 11 is 1.85. The highest BCUT2D eigenvalue weighted by Gasteiger charge is 2.20. The van der Waals surface area contributed by atoms with Gasteiger partial charge in [-0.2, -0.15) is 5.10 Å². The molecule has 0 saturated carbocycles. The Labute approximate surface area is 177 Å². The Hall–Kier alpha value is -2.02. The minimum absolute atomic E-state index is 0.689. The Morgan fingerprint density at radius 2 is 2.00 bits per heavy atom. The van der Waals surface area contributed by atoms with Crippen molar-refractivity contribution in [3.05, 3.63) is 48.3 Å². The second kappa shape index (κ2) is 9.20. The van der Waals surface area contributed by atoms with Gasteiger partial charge in [0.05, 0.1) is 25.4 Å². The van der Waals surface area contributed by atoms with Crippen LogP contribution in [-0.4, -0.2) is 47.8 Å². The molecular weight excluding hydrogens is 382 g/mol. The molecule has 6 heteroatoms. The fraction of sp³-hybridized carbons (Fsp3) is 0.435. The number of methoxy groups -OCH3 is 2. The second-order valence-corrected chi connectivity index (χ2v) is 8.83. The maximum atomic E-state index is 5.76. The molecule has 3 heterocycles. The van der Waals surface area contributed by atoms with Gasteiger partial charge < -0.3 is 9.47 Å². The van der Waals surface area contributed by atoms with Crippen molar-refractivity contribution >= 4 is 17.5 Å². The summed E-state index contributed by atoms with van der Waals surface area (Å²) < 4.78 is 15.4. The number of hydrogen-bond acceptors (Lipinski definition) is 5. The standard InChI is InChI=1S/C23H29N3O2S/c1-17-7-11-25(12-8-17)29-22-6-4-5-21(28-3)23(22)18-9-13-26-20(15-18)19(16-24-26)10-14-27-2/h4-6,9,13,15-17H,7-8,10-12,14H2,1-3H3. The topological polar surface area (TPSA) is 39.0 Å². The number of rotatable bonds is 7. The van der Waals surface area contributed by atoms with E-state index in [-0.39, 0.29) is 0 Å². The number of hydrogen-bond donors (Lipinski definition) is 0. The van der Waals surface area contributed by atoms with E-state index >= 15 is 0 Å². The number of piperidine rings is 1. The molecule has 0 N–H and O–H groups in total. The van der Waals surface area contributed by atoms with Crippen LogP contribution in [0.15, 0.2) is 47.6 Å². The summed E-state index contributed by atoms with van der Waals surface area (Å²) in [5, 5.41) is 4.49. The van der Waals surface area contributed by atoms with Crippen molar-refractivity contribution in [1.82, 2.24) is 13.9 Å². The summed E-state index contributed by atoms with van der Waals surface area (Å²) in [5.74, 6) is 1.73. The first-order valence-corrected chi connectivity index (χ1v) is 11.0. The van der Waals surface area contributed by atoms with E-state index < -0.39 is 0 Å². The predicted octanol–water partition coefficient (Wildman–Crippen LogP) is 4.94. The molecule has 1 fully saturated rings. The molecule has 3 aromatic rings. The first kappa shape index (κ1) is 20.3. The van der Waals surface area contributed by atoms with Gasteiger partial charge in [-0.1, -0.05) is 13.0 Å². The lowest BCUT2D eigenvalue weighted by Crippen LogP contribution is -2.27. The van der Waals surface area contributed by atoms with E-state index in [4.69, 9.17) is 9.47 Å². The van der Waals surface area contributed by atoms with Crippen molar-refractivity contribution in [2.24, 2.45) is 5.92 Å². The van der Waals surface area contributed by atoms with Crippen LogP contribution in [0.2, 0.25) is 0 Å². The molecule has 154 valence electrons. The number of benzene rings is 1. The molecule has 1 aliphatic rings. The molecule has 29 heavy (non-hydrogen) atoms. The summed E-state index contributed by atoms with van der Waals surface area (Å²) in [6.07, 6.45) is 7.34. The molecule has 0 aliphatic carbocycles. The lowest BCUT2D eigenvalue weighted by Gasteiger charge is -2.29. The molecule has 0 amide bonds. The minimum atomic E-state index is 0.689. The van der Waals surface area contributed by atoms with Crippen LogP contribution >= 0.6 is 11.9 Å². The largest absolute Gasteiger partial charge is 0.496 e. The van der Waals surface area contributed by atoms with Crippen molar-refractivity contribution < 1.29 is 9.47 Å². The quantitative estimate of drug-likeness (QED) is 0.515. The molecule has 4 rings (SSSR count). The van der Waals surface area contributed by atoms with Crippen LogP contribution in [0.3, 0.4) is 0 Å². The molecule has 1 aliphatic heterocycles. The third-order valence-corrected chi connectivity index (χ3v) is 6.80. The van der Waals surface area contributed by atoms with Crippen LogP contribution in [0.5, 0.6) is 5.75 Å². The lowest BCUT2D eigenvalue weighted by atomic mass is 10.0. The van der Waals surface area contributed by atoms with E-state index in [1.807, 2.05) is 34.9 Å². The van der Waals surface area contributed by atoms with Crippen LogP contribution in [0, 0.1) is 5.92 Å². The minimum Gasteiger partial charge on any atom is -0.496 e. The fourth-order valence-corrected chi connectivity index (χ4v) is 4.97. The van der Waals surface area contributed by atoms with E-state index in [2.05, 4.69) is 40.6 Å². The Bertz CT molecular complexity index is 964. The van der Waals surface area contributed by atoms with E-state index in [1.165, 1.54) is 23.3 Å². The summed E-state index contributed by atoms with van der Waals surface area (Å²) in [7, 11) is 3.48. The Balaban J connectivity index is 1.71. The molecule has 1 aromatic carbocycles. The maximum absolute atomic E-state index is 5.76. The van der Waals surface area contributed by atoms with E-state index in [0.29, 0.717) is 6.61 Å². The molecule has 0 atom stereocenters. The van der Waals surface area contributed by atoms with Gasteiger partial charge in [-0.15, -0.1) is 0 Å². The highest BCUT2D eigenvalue weighted by atomic mass is 32.2. The van der Waals surface area contributed by atoms with Gasteiger partial charge in [0.1, 0.15) is 5.75 Å². The first-order valence-electron chi connectivity index (χ1n) is 10.2. The van der Waals surface area contributed by atoms with Crippen LogP contribution < -0.4 is 4.74 Å². The maximum Gasteiger partial charge on any atom is 0.127 e. The molecule has 2 aromatic heterocycles. The monoisotopic (exact) mass is 411 g/mol. The molecule has 0 bridgehead atoms. The normalized spacial score (nSPS) is 15.8. The summed E-state index contributed by atoms with van der Waals surface area (Å²) in [4.78, 5) is 1.24. The van der Waals surface area contributed by atoms with Gasteiger partial charge in [0.15, 0.2) is 0 Å². The number of pyridine rings is 1. The Kier molecular flexibility index (Phi) is 6.43. The number of ether oxygens (including phenoxy) is 2. The summed E-state index contributed by atoms with van der Waals surface area (Å²) in [5.41, 5.74) is 4.62. The summed E-state index contributed by atoms with van der Waals surface area (Å²) in [6.45, 7) is 5.30. The zero-order valence-electron chi connectivity index (χ0n) is 17.4. The lowest BCUT2D eigenvalue weighted by molar-refractivity contribution is 0.202. The van der Waals surface area contributed by atoms with E-state index in [0.717, 1.165) is 47.8 Å². The molecule has 0 spiro atoms. The van der Waals surface area contributed by atoms with Gasteiger partial charge in [-0.05, 0) is 67.0 Å². The zero-order valence-corrected chi connectivity index (χ0v) is 18.2. The van der Waals surface area contributed by atoms with Gasteiger partial charge in [-0.3, -0.25) is 0 Å². The van der Waals surface area contributed by atoms with Crippen LogP contribution in [0.4, 0.5) is 0 Å². The van der Waals surface area contributed by atoms with Crippen molar-refractivity contribution in [2.75, 3.05) is 33.9 Å². The van der Waals surface area contributed by atoms with Crippen molar-refractivity contribution in [2.45, 2.75) is 31.1 Å². The predicted molar refractivity (Wildman–Crippen MR) is 119 cm³/mol. The van der Waals surface area contributed by atoms with Crippen LogP contribution in [-0.2, 0) is 11.2 Å². The van der Waals surface area contributed by atoms with E-state index in [9.17, 15) is 0 Å². The summed E-state index contributed by atoms with van der Waals surface area (Å²) in [6, 6.07) is 10.7. The average molecular weight is 412 g/mol. The van der Waals surface area contributed by atoms with Crippen molar-refractivity contribution in [3.63, 3.8) is 0 Å². The third kappa shape index (κ3) is 4.44. The van der Waals surface area contributed by atoms with Gasteiger partial charge in [0.25, 0.3) is 0 Å². The van der Waals surface area contributed by atoms with Gasteiger partial charge >= 0.3 is 0 Å². The SMILES string of the molecule is COCCc1cnn2ccc(-c3c(OC)cccc3SN3CCC(C)CC3)cc12. The van der Waals surface area contributed by atoms with Gasteiger partial charge in [0.2, 0.25) is 0 Å². The molecule has 1 saturated heterocycles. The number of nitrogens with zero attached hydrogens (tertiary/aromatic N) is 3. The average Bonchev–Trinajstić information content (AvgIpc) is 3.15. The highest BCUT2D eigenvalue weighted by molar-refractivity contribution is 7.97.